The number of hydrogen-bond acceptors (Lipinski definition) is 5. The van der Waals surface area contributed by atoms with Crippen molar-refractivity contribution in [3.05, 3.63) is 107 Å². The number of amidine groups is 1. The van der Waals surface area contributed by atoms with Crippen LogP contribution in [0.15, 0.2) is 89.9 Å². The van der Waals surface area contributed by atoms with Crippen molar-refractivity contribution in [2.24, 2.45) is 4.99 Å². The zero-order valence-electron chi connectivity index (χ0n) is 18.5. The Morgan fingerprint density at radius 1 is 0.824 bits per heavy atom. The van der Waals surface area contributed by atoms with Gasteiger partial charge in [0, 0.05) is 18.7 Å². The van der Waals surface area contributed by atoms with E-state index < -0.39 is 17.9 Å². The van der Waals surface area contributed by atoms with Gasteiger partial charge < -0.3 is 0 Å². The molecular weight excluding hydrogens is 446 g/mol. The molecule has 0 aromatic heterocycles. The van der Waals surface area contributed by atoms with Gasteiger partial charge in [-0.15, -0.1) is 0 Å². The van der Waals surface area contributed by atoms with Crippen LogP contribution < -0.4 is 0 Å². The number of hydrogen-bond donors (Lipinski definition) is 0. The van der Waals surface area contributed by atoms with Crippen molar-refractivity contribution in [3.8, 4) is 0 Å². The Balaban J connectivity index is 1.46. The lowest BCUT2D eigenvalue weighted by Gasteiger charge is -2.29. The van der Waals surface area contributed by atoms with E-state index >= 15 is 0 Å². The van der Waals surface area contributed by atoms with Crippen molar-refractivity contribution < 1.29 is 14.4 Å². The number of rotatable bonds is 6. The lowest BCUT2D eigenvalue weighted by atomic mass is 10.0. The van der Waals surface area contributed by atoms with Gasteiger partial charge in [0.05, 0.1) is 17.7 Å². The molecule has 0 spiro atoms. The molecule has 1 fully saturated rings. The monoisotopic (exact) mass is 469 g/mol. The molecule has 0 radical (unpaired) electrons. The first-order valence-corrected chi connectivity index (χ1v) is 12.2. The first-order chi connectivity index (χ1) is 16.6. The first-order valence-electron chi connectivity index (χ1n) is 11.2. The molecule has 1 atom stereocenters. The highest BCUT2D eigenvalue weighted by Crippen LogP contribution is 2.29. The Kier molecular flexibility index (Phi) is 6.27. The van der Waals surface area contributed by atoms with Crippen molar-refractivity contribution >= 4 is 34.7 Å². The molecule has 2 aliphatic rings. The highest BCUT2D eigenvalue weighted by Gasteiger charge is 2.45. The van der Waals surface area contributed by atoms with E-state index in [1.807, 2.05) is 60.7 Å². The number of thioether (sulfide) groups is 1. The van der Waals surface area contributed by atoms with Crippen molar-refractivity contribution in [3.63, 3.8) is 0 Å². The number of aliphatic imine (C=N–C) groups is 1. The number of carbonyl (C=O) groups excluding carboxylic acids is 3. The largest absolute Gasteiger partial charge is 0.289 e. The third-order valence-corrected chi connectivity index (χ3v) is 6.97. The van der Waals surface area contributed by atoms with Gasteiger partial charge in [0.2, 0.25) is 0 Å². The van der Waals surface area contributed by atoms with Crippen molar-refractivity contribution in [1.29, 1.82) is 0 Å². The summed E-state index contributed by atoms with van der Waals surface area (Å²) in [6.45, 7) is 0.953. The number of nitrogens with zero attached hydrogens (tertiary/aromatic N) is 3. The second kappa shape index (κ2) is 9.65. The van der Waals surface area contributed by atoms with Crippen molar-refractivity contribution in [2.75, 3.05) is 12.3 Å². The quantitative estimate of drug-likeness (QED) is 0.511. The van der Waals surface area contributed by atoms with Gasteiger partial charge in [-0.3, -0.25) is 29.2 Å². The van der Waals surface area contributed by atoms with Crippen LogP contribution in [-0.4, -0.2) is 51.0 Å². The fourth-order valence-corrected chi connectivity index (χ4v) is 5.23. The maximum absolute atomic E-state index is 13.9. The number of imide groups is 1. The molecule has 2 aliphatic heterocycles. The van der Waals surface area contributed by atoms with Crippen LogP contribution in [0.1, 0.15) is 31.8 Å². The molecule has 2 heterocycles. The van der Waals surface area contributed by atoms with E-state index in [-0.39, 0.29) is 12.3 Å². The molecule has 34 heavy (non-hydrogen) atoms. The molecule has 0 bridgehead atoms. The van der Waals surface area contributed by atoms with Gasteiger partial charge >= 0.3 is 0 Å². The van der Waals surface area contributed by atoms with Crippen LogP contribution in [0.2, 0.25) is 0 Å². The van der Waals surface area contributed by atoms with E-state index in [4.69, 9.17) is 0 Å². The highest BCUT2D eigenvalue weighted by molar-refractivity contribution is 8.14. The van der Waals surface area contributed by atoms with Gasteiger partial charge in [-0.05, 0) is 23.3 Å². The highest BCUT2D eigenvalue weighted by atomic mass is 32.2. The Morgan fingerprint density at radius 2 is 1.38 bits per heavy atom. The van der Waals surface area contributed by atoms with E-state index in [1.54, 1.807) is 29.2 Å². The molecular formula is C27H23N3O3S. The number of benzene rings is 3. The molecule has 1 saturated heterocycles. The SMILES string of the molecule is O=C(C(Cc1ccccc1)N1C(=O)c2ccccc2C1=O)N1CCSC1=NCc1ccccc1. The minimum atomic E-state index is -0.949. The Hall–Kier alpha value is -3.71. The molecule has 6 nitrogen and oxygen atoms in total. The minimum Gasteiger partial charge on any atom is -0.289 e. The van der Waals surface area contributed by atoms with E-state index in [0.717, 1.165) is 21.8 Å². The van der Waals surface area contributed by atoms with Gasteiger partial charge in [-0.2, -0.15) is 0 Å². The zero-order valence-corrected chi connectivity index (χ0v) is 19.3. The molecule has 0 aliphatic carbocycles. The van der Waals surface area contributed by atoms with Crippen LogP contribution in [0.4, 0.5) is 0 Å². The molecule has 170 valence electrons. The van der Waals surface area contributed by atoms with Crippen LogP contribution in [0.25, 0.3) is 0 Å². The topological polar surface area (TPSA) is 70.1 Å². The molecule has 0 N–H and O–H groups in total. The number of fused-ring (bicyclic) bond motifs is 1. The Labute approximate surface area is 202 Å². The van der Waals surface area contributed by atoms with E-state index in [2.05, 4.69) is 4.99 Å². The molecule has 3 aromatic carbocycles. The second-order valence-electron chi connectivity index (χ2n) is 8.15. The normalized spacial score (nSPS) is 17.4. The Bertz CT molecular complexity index is 1230. The summed E-state index contributed by atoms with van der Waals surface area (Å²) in [6, 6.07) is 25.1. The van der Waals surface area contributed by atoms with Gasteiger partial charge in [0.25, 0.3) is 17.7 Å². The summed E-state index contributed by atoms with van der Waals surface area (Å²) in [6.07, 6.45) is 0.248. The summed E-state index contributed by atoms with van der Waals surface area (Å²) >= 11 is 1.52. The maximum Gasteiger partial charge on any atom is 0.262 e. The molecule has 1 unspecified atom stereocenters. The van der Waals surface area contributed by atoms with Crippen LogP contribution >= 0.6 is 11.8 Å². The summed E-state index contributed by atoms with van der Waals surface area (Å²) in [5, 5.41) is 0.628. The van der Waals surface area contributed by atoms with Crippen molar-refractivity contribution in [2.45, 2.75) is 19.0 Å². The zero-order chi connectivity index (χ0) is 23.5. The summed E-state index contributed by atoms with van der Waals surface area (Å²) < 4.78 is 0. The Morgan fingerprint density at radius 3 is 2.00 bits per heavy atom. The summed E-state index contributed by atoms with van der Waals surface area (Å²) in [5.74, 6) is -0.413. The van der Waals surface area contributed by atoms with E-state index in [9.17, 15) is 14.4 Å². The fourth-order valence-electron chi connectivity index (χ4n) is 4.28. The molecule has 7 heteroatoms. The van der Waals surface area contributed by atoms with E-state index in [1.165, 1.54) is 11.8 Å². The van der Waals surface area contributed by atoms with Gasteiger partial charge in [-0.1, -0.05) is 84.6 Å². The molecule has 3 aromatic rings. The lowest BCUT2D eigenvalue weighted by molar-refractivity contribution is -0.131. The summed E-state index contributed by atoms with van der Waals surface area (Å²) in [4.78, 5) is 47.8. The first kappa shape index (κ1) is 22.1. The number of amides is 3. The smallest absolute Gasteiger partial charge is 0.262 e. The third kappa shape index (κ3) is 4.26. The van der Waals surface area contributed by atoms with E-state index in [0.29, 0.717) is 29.4 Å². The predicted molar refractivity (Wildman–Crippen MR) is 133 cm³/mol. The van der Waals surface area contributed by atoms with Gasteiger partial charge in [-0.25, -0.2) is 0 Å². The average molecular weight is 470 g/mol. The standard InChI is InChI=1S/C27H23N3O3S/c31-24-21-13-7-8-14-22(21)25(32)30(24)23(17-19-9-3-1-4-10-19)26(33)29-15-16-34-27(29)28-18-20-11-5-2-6-12-20/h1-14,23H,15-18H2. The van der Waals surface area contributed by atoms with Crippen LogP contribution in [0, 0.1) is 0 Å². The summed E-state index contributed by atoms with van der Waals surface area (Å²) in [5.41, 5.74) is 2.61. The fraction of sp³-hybridized carbons (Fsp3) is 0.185. The third-order valence-electron chi connectivity index (χ3n) is 5.98. The number of carbonyl (C=O) groups is 3. The average Bonchev–Trinajstić information content (AvgIpc) is 3.45. The molecule has 0 saturated carbocycles. The summed E-state index contributed by atoms with van der Waals surface area (Å²) in [7, 11) is 0. The van der Waals surface area contributed by atoms with Crippen molar-refractivity contribution in [1.82, 2.24) is 9.80 Å². The van der Waals surface area contributed by atoms with Crippen LogP contribution in [-0.2, 0) is 17.8 Å². The minimum absolute atomic E-state index is 0.248. The lowest BCUT2D eigenvalue weighted by Crippen LogP contribution is -2.52. The second-order valence-corrected chi connectivity index (χ2v) is 9.22. The van der Waals surface area contributed by atoms with Crippen LogP contribution in [0.3, 0.4) is 0 Å². The molecule has 3 amide bonds. The molecule has 5 rings (SSSR count). The van der Waals surface area contributed by atoms with Gasteiger partial charge in [0.15, 0.2) is 5.17 Å². The predicted octanol–water partition coefficient (Wildman–Crippen LogP) is 4.03. The van der Waals surface area contributed by atoms with Gasteiger partial charge in [0.1, 0.15) is 6.04 Å². The van der Waals surface area contributed by atoms with Crippen LogP contribution in [0.5, 0.6) is 0 Å². The maximum atomic E-state index is 13.9.